The maximum Gasteiger partial charge on any atom is 0.120 e. The van der Waals surface area contributed by atoms with Crippen LogP contribution in [0.5, 0.6) is 5.75 Å². The third kappa shape index (κ3) is 4.61. The highest BCUT2D eigenvalue weighted by atomic mass is 16.5. The van der Waals surface area contributed by atoms with Gasteiger partial charge in [0, 0.05) is 6.54 Å². The Morgan fingerprint density at radius 2 is 2.00 bits per heavy atom. The quantitative estimate of drug-likeness (QED) is 0.845. The van der Waals surface area contributed by atoms with Crippen molar-refractivity contribution in [3.63, 3.8) is 0 Å². The summed E-state index contributed by atoms with van der Waals surface area (Å²) in [4.78, 5) is 0. The summed E-state index contributed by atoms with van der Waals surface area (Å²) in [7, 11) is 0. The lowest BCUT2D eigenvalue weighted by atomic mass is 10.0. The van der Waals surface area contributed by atoms with Gasteiger partial charge in [-0.2, -0.15) is 0 Å². The van der Waals surface area contributed by atoms with E-state index in [1.54, 1.807) is 0 Å². The van der Waals surface area contributed by atoms with Crippen molar-refractivity contribution < 1.29 is 4.74 Å². The van der Waals surface area contributed by atoms with Crippen LogP contribution in [0.25, 0.3) is 6.08 Å². The van der Waals surface area contributed by atoms with E-state index >= 15 is 0 Å². The molecule has 94 valence electrons. The maximum atomic E-state index is 5.74. The first-order valence-corrected chi connectivity index (χ1v) is 6.20. The molecule has 2 heteroatoms. The van der Waals surface area contributed by atoms with Gasteiger partial charge < -0.3 is 10.5 Å². The van der Waals surface area contributed by atoms with E-state index in [1.807, 2.05) is 26.0 Å². The zero-order chi connectivity index (χ0) is 12.8. The lowest BCUT2D eigenvalue weighted by Gasteiger charge is -2.11. The normalized spacial score (nSPS) is 12.3. The molecular formula is C15H23NO. The Kier molecular flexibility index (Phi) is 5.23. The van der Waals surface area contributed by atoms with Crippen LogP contribution in [0.2, 0.25) is 0 Å². The van der Waals surface area contributed by atoms with Gasteiger partial charge in [0.2, 0.25) is 0 Å². The van der Waals surface area contributed by atoms with Crippen molar-refractivity contribution in [3.05, 3.63) is 35.4 Å². The smallest absolute Gasteiger partial charge is 0.120 e. The van der Waals surface area contributed by atoms with Crippen molar-refractivity contribution in [1.82, 2.24) is 0 Å². The van der Waals surface area contributed by atoms with Crippen LogP contribution < -0.4 is 10.5 Å². The minimum absolute atomic E-state index is 0.202. The van der Waals surface area contributed by atoms with E-state index in [1.165, 1.54) is 5.57 Å². The Morgan fingerprint density at radius 1 is 1.29 bits per heavy atom. The summed E-state index contributed by atoms with van der Waals surface area (Å²) in [5, 5.41) is 0. The average molecular weight is 233 g/mol. The minimum atomic E-state index is 0.202. The molecule has 0 saturated heterocycles. The number of nitrogens with two attached hydrogens (primary N) is 1. The second-order valence-corrected chi connectivity index (χ2v) is 4.82. The third-order valence-electron chi connectivity index (χ3n) is 2.56. The highest BCUT2D eigenvalue weighted by Gasteiger charge is 2.02. The van der Waals surface area contributed by atoms with E-state index in [9.17, 15) is 0 Å². The number of benzene rings is 1. The average Bonchev–Trinajstić information content (AvgIpc) is 2.25. The first-order valence-electron chi connectivity index (χ1n) is 6.20. The second kappa shape index (κ2) is 6.45. The summed E-state index contributed by atoms with van der Waals surface area (Å²) < 4.78 is 5.67. The summed E-state index contributed by atoms with van der Waals surface area (Å²) >= 11 is 0. The van der Waals surface area contributed by atoms with Crippen molar-refractivity contribution in [2.24, 2.45) is 11.7 Å². The Morgan fingerprint density at radius 3 is 2.53 bits per heavy atom. The number of hydrogen-bond acceptors (Lipinski definition) is 2. The molecule has 0 amide bonds. The van der Waals surface area contributed by atoms with Crippen molar-refractivity contribution in [2.45, 2.75) is 33.8 Å². The van der Waals surface area contributed by atoms with Gasteiger partial charge in [0.1, 0.15) is 5.75 Å². The van der Waals surface area contributed by atoms with E-state index in [2.05, 4.69) is 32.1 Å². The van der Waals surface area contributed by atoms with Crippen LogP contribution in [-0.4, -0.2) is 12.6 Å². The Hall–Kier alpha value is -1.28. The van der Waals surface area contributed by atoms with E-state index in [4.69, 9.17) is 10.5 Å². The van der Waals surface area contributed by atoms with Gasteiger partial charge in [-0.15, -0.1) is 0 Å². The van der Waals surface area contributed by atoms with Gasteiger partial charge in [-0.3, -0.25) is 0 Å². The molecule has 1 aromatic carbocycles. The fourth-order valence-electron chi connectivity index (χ4n) is 1.63. The zero-order valence-electron chi connectivity index (χ0n) is 11.2. The molecule has 17 heavy (non-hydrogen) atoms. The number of hydrogen-bond donors (Lipinski definition) is 1. The number of rotatable bonds is 5. The Balaban J connectivity index is 2.91. The van der Waals surface area contributed by atoms with Crippen LogP contribution in [0.4, 0.5) is 0 Å². The molecule has 0 aliphatic rings. The predicted octanol–water partition coefficient (Wildman–Crippen LogP) is 3.47. The first kappa shape index (κ1) is 13.8. The topological polar surface area (TPSA) is 35.2 Å². The molecule has 0 aliphatic heterocycles. The Bertz CT molecular complexity index is 380. The summed E-state index contributed by atoms with van der Waals surface area (Å²) in [6, 6.07) is 8.12. The van der Waals surface area contributed by atoms with Gasteiger partial charge in [0.15, 0.2) is 0 Å². The minimum Gasteiger partial charge on any atom is -0.491 e. The molecule has 0 aromatic heterocycles. The van der Waals surface area contributed by atoms with Gasteiger partial charge >= 0.3 is 0 Å². The van der Waals surface area contributed by atoms with Crippen LogP contribution in [0, 0.1) is 5.92 Å². The van der Waals surface area contributed by atoms with Crippen LogP contribution >= 0.6 is 0 Å². The van der Waals surface area contributed by atoms with E-state index < -0.39 is 0 Å². The molecule has 2 nitrogen and oxygen atoms in total. The standard InChI is InChI=1S/C15H23NO/c1-11(2)14(10-16)8-13-6-5-7-15(9-13)17-12(3)4/h5-9,11-12H,10,16H2,1-4H3. The van der Waals surface area contributed by atoms with Gasteiger partial charge in [-0.05, 0) is 37.5 Å². The van der Waals surface area contributed by atoms with Gasteiger partial charge in [-0.1, -0.05) is 37.6 Å². The molecule has 1 aromatic rings. The third-order valence-corrected chi connectivity index (χ3v) is 2.56. The molecule has 0 fully saturated rings. The molecule has 0 aliphatic carbocycles. The molecule has 0 spiro atoms. The van der Waals surface area contributed by atoms with Gasteiger partial charge in [0.25, 0.3) is 0 Å². The van der Waals surface area contributed by atoms with E-state index in [0.717, 1.165) is 11.3 Å². The largest absolute Gasteiger partial charge is 0.491 e. The van der Waals surface area contributed by atoms with Gasteiger partial charge in [-0.25, -0.2) is 0 Å². The summed E-state index contributed by atoms with van der Waals surface area (Å²) in [6.45, 7) is 8.98. The predicted molar refractivity (Wildman–Crippen MR) is 74.1 cm³/mol. The number of ether oxygens (including phenoxy) is 1. The van der Waals surface area contributed by atoms with Crippen LogP contribution in [0.1, 0.15) is 33.3 Å². The monoisotopic (exact) mass is 233 g/mol. The van der Waals surface area contributed by atoms with Crippen molar-refractivity contribution in [3.8, 4) is 5.75 Å². The molecule has 2 N–H and O–H groups in total. The van der Waals surface area contributed by atoms with Gasteiger partial charge in [0.05, 0.1) is 6.10 Å². The fourth-order valence-corrected chi connectivity index (χ4v) is 1.63. The SMILES string of the molecule is CC(C)Oc1cccc(C=C(CN)C(C)C)c1. The summed E-state index contributed by atoms with van der Waals surface area (Å²) in [6.07, 6.45) is 2.35. The fraction of sp³-hybridized carbons (Fsp3) is 0.467. The van der Waals surface area contributed by atoms with Crippen molar-refractivity contribution >= 4 is 6.08 Å². The highest BCUT2D eigenvalue weighted by molar-refractivity contribution is 5.55. The summed E-state index contributed by atoms with van der Waals surface area (Å²) in [5.41, 5.74) is 8.15. The Labute approximate surface area is 104 Å². The summed E-state index contributed by atoms with van der Waals surface area (Å²) in [5.74, 6) is 1.39. The molecule has 0 saturated carbocycles. The van der Waals surface area contributed by atoms with Crippen molar-refractivity contribution in [1.29, 1.82) is 0 Å². The molecule has 0 unspecified atom stereocenters. The highest BCUT2D eigenvalue weighted by Crippen LogP contribution is 2.19. The molecule has 0 bridgehead atoms. The zero-order valence-corrected chi connectivity index (χ0v) is 11.2. The lowest BCUT2D eigenvalue weighted by molar-refractivity contribution is 0.242. The lowest BCUT2D eigenvalue weighted by Crippen LogP contribution is -2.08. The van der Waals surface area contributed by atoms with Crippen LogP contribution in [0.15, 0.2) is 29.8 Å². The maximum absolute atomic E-state index is 5.74. The molecule has 1 rings (SSSR count). The first-order chi connectivity index (χ1) is 8.02. The second-order valence-electron chi connectivity index (χ2n) is 4.82. The van der Waals surface area contributed by atoms with Crippen molar-refractivity contribution in [2.75, 3.05) is 6.54 Å². The molecular weight excluding hydrogens is 210 g/mol. The van der Waals surface area contributed by atoms with Crippen LogP contribution in [0.3, 0.4) is 0 Å². The van der Waals surface area contributed by atoms with E-state index in [-0.39, 0.29) is 6.10 Å². The molecule has 0 radical (unpaired) electrons. The van der Waals surface area contributed by atoms with E-state index in [0.29, 0.717) is 12.5 Å². The van der Waals surface area contributed by atoms with Crippen LogP contribution in [-0.2, 0) is 0 Å². The molecule has 0 heterocycles. The molecule has 0 atom stereocenters.